The van der Waals surface area contributed by atoms with Gasteiger partial charge in [-0.1, -0.05) is 24.3 Å². The van der Waals surface area contributed by atoms with Crippen LogP contribution in [0, 0.1) is 11.3 Å². The van der Waals surface area contributed by atoms with Gasteiger partial charge in [-0.2, -0.15) is 5.26 Å². The molecule has 3 heterocycles. The average molecular weight is 649 g/mol. The van der Waals surface area contributed by atoms with Crippen LogP contribution in [0.5, 0.6) is 17.4 Å². The Labute approximate surface area is 278 Å². The number of pyridine rings is 1. The van der Waals surface area contributed by atoms with Gasteiger partial charge in [0.05, 0.1) is 61.9 Å². The average Bonchev–Trinajstić information content (AvgIpc) is 3.09. The van der Waals surface area contributed by atoms with E-state index in [1.807, 2.05) is 48.5 Å². The SMILES string of the molecule is COC(=O)c1cc(NC[C@@H]2CCO2)c(NC(=O)Cc2ccc3cc2OCCCc2cc(C#N)ccc2COc2cccc-3n2)c(OC)c1. The number of esters is 1. The van der Waals surface area contributed by atoms with E-state index < -0.39 is 5.97 Å². The minimum atomic E-state index is -0.525. The predicted octanol–water partition coefficient (Wildman–Crippen LogP) is 5.70. The Kier molecular flexibility index (Phi) is 10.0. The zero-order valence-electron chi connectivity index (χ0n) is 26.8. The summed E-state index contributed by atoms with van der Waals surface area (Å²) in [6.07, 6.45) is 2.33. The van der Waals surface area contributed by atoms with Crippen LogP contribution in [0.15, 0.2) is 66.7 Å². The van der Waals surface area contributed by atoms with E-state index in [1.54, 1.807) is 12.1 Å². The van der Waals surface area contributed by atoms with E-state index in [4.69, 9.17) is 28.7 Å². The molecule has 48 heavy (non-hydrogen) atoms. The van der Waals surface area contributed by atoms with Crippen LogP contribution in [0.3, 0.4) is 0 Å². The molecule has 0 aliphatic carbocycles. The van der Waals surface area contributed by atoms with Crippen molar-refractivity contribution in [2.75, 3.05) is 44.6 Å². The molecule has 0 radical (unpaired) electrons. The van der Waals surface area contributed by atoms with Gasteiger partial charge < -0.3 is 34.3 Å². The molecule has 0 unspecified atom stereocenters. The molecule has 1 atom stereocenters. The Morgan fingerprint density at radius 1 is 1.02 bits per heavy atom. The zero-order valence-corrected chi connectivity index (χ0v) is 26.8. The number of nitrogens with one attached hydrogen (secondary N) is 2. The number of rotatable bonds is 8. The topological polar surface area (TPSA) is 141 Å². The smallest absolute Gasteiger partial charge is 0.338 e. The molecule has 246 valence electrons. The number of hydrogen-bond donors (Lipinski definition) is 2. The van der Waals surface area contributed by atoms with Gasteiger partial charge >= 0.3 is 5.97 Å². The van der Waals surface area contributed by atoms with Crippen LogP contribution >= 0.6 is 0 Å². The summed E-state index contributed by atoms with van der Waals surface area (Å²) in [5.41, 5.74) is 5.99. The fourth-order valence-electron chi connectivity index (χ4n) is 5.62. The first kappa shape index (κ1) is 32.3. The van der Waals surface area contributed by atoms with Gasteiger partial charge in [0, 0.05) is 30.3 Å². The molecule has 2 N–H and O–H groups in total. The molecular weight excluding hydrogens is 612 g/mol. The lowest BCUT2D eigenvalue weighted by molar-refractivity contribution is -0.115. The monoisotopic (exact) mass is 648 g/mol. The highest BCUT2D eigenvalue weighted by atomic mass is 16.5. The van der Waals surface area contributed by atoms with Gasteiger partial charge in [0.25, 0.3) is 0 Å². The van der Waals surface area contributed by atoms with Crippen LogP contribution in [0.1, 0.15) is 45.5 Å². The summed E-state index contributed by atoms with van der Waals surface area (Å²) in [5.74, 6) is 0.520. The van der Waals surface area contributed by atoms with Crippen molar-refractivity contribution < 1.29 is 33.3 Å². The van der Waals surface area contributed by atoms with Gasteiger partial charge in [-0.05, 0) is 66.8 Å². The standard InChI is InChI=1S/C37H36N4O7/c1-44-33-18-28(37(43)45-2)16-31(39-21-29-12-14-46-29)36(33)41-34(42)19-26-11-10-25-17-32(26)47-13-4-5-24-15-23(20-38)8-9-27(24)22-48-35-7-3-6-30(25)40-35/h3,6-11,15-18,29,39H,4-5,12-14,19,21-22H2,1-2H3,(H,41,42)/t29-/m0/s1. The van der Waals surface area contributed by atoms with Gasteiger partial charge in [0.1, 0.15) is 23.8 Å². The van der Waals surface area contributed by atoms with Gasteiger partial charge in [-0.25, -0.2) is 9.78 Å². The molecular formula is C37H36N4O7. The van der Waals surface area contributed by atoms with E-state index in [0.29, 0.717) is 84.8 Å². The van der Waals surface area contributed by atoms with Crippen molar-refractivity contribution >= 4 is 23.3 Å². The maximum Gasteiger partial charge on any atom is 0.338 e. The first-order valence-corrected chi connectivity index (χ1v) is 15.8. The fraction of sp³-hybridized carbons (Fsp3) is 0.297. The third-order valence-electron chi connectivity index (χ3n) is 8.32. The van der Waals surface area contributed by atoms with Crippen LogP contribution in [-0.2, 0) is 33.7 Å². The first-order chi connectivity index (χ1) is 23.4. The number of aryl methyl sites for hydroxylation is 1. The first-order valence-electron chi connectivity index (χ1n) is 15.8. The van der Waals surface area contributed by atoms with Gasteiger partial charge in [-0.15, -0.1) is 0 Å². The molecule has 1 fully saturated rings. The Morgan fingerprint density at radius 2 is 1.90 bits per heavy atom. The van der Waals surface area contributed by atoms with Crippen LogP contribution < -0.4 is 24.8 Å². The molecule has 4 bridgehead atoms. The molecule has 3 aromatic carbocycles. The number of carbonyl (C=O) groups is 2. The molecule has 6 rings (SSSR count). The van der Waals surface area contributed by atoms with Crippen LogP contribution in [0.4, 0.5) is 11.4 Å². The highest BCUT2D eigenvalue weighted by molar-refractivity contribution is 6.00. The van der Waals surface area contributed by atoms with Crippen molar-refractivity contribution in [3.8, 4) is 34.7 Å². The number of hydrogen-bond acceptors (Lipinski definition) is 10. The highest BCUT2D eigenvalue weighted by Crippen LogP contribution is 2.36. The number of anilines is 2. The number of nitriles is 1. The van der Waals surface area contributed by atoms with E-state index in [9.17, 15) is 14.9 Å². The summed E-state index contributed by atoms with van der Waals surface area (Å²) in [7, 11) is 2.78. The molecule has 0 spiro atoms. The summed E-state index contributed by atoms with van der Waals surface area (Å²) in [5, 5.41) is 15.7. The van der Waals surface area contributed by atoms with Crippen LogP contribution in [-0.4, -0.2) is 56.9 Å². The molecule has 1 aromatic heterocycles. The van der Waals surface area contributed by atoms with Gasteiger partial charge in [-0.3, -0.25) is 4.79 Å². The van der Waals surface area contributed by atoms with Crippen molar-refractivity contribution in [3.63, 3.8) is 0 Å². The second kappa shape index (κ2) is 14.9. The Hall–Kier alpha value is -5.60. The van der Waals surface area contributed by atoms with Crippen molar-refractivity contribution in [1.29, 1.82) is 5.26 Å². The van der Waals surface area contributed by atoms with E-state index in [2.05, 4.69) is 16.7 Å². The lowest BCUT2D eigenvalue weighted by Gasteiger charge is -2.27. The van der Waals surface area contributed by atoms with E-state index in [1.165, 1.54) is 20.3 Å². The number of fused-ring (bicyclic) bond motifs is 6. The Bertz CT molecular complexity index is 1870. The third-order valence-corrected chi connectivity index (χ3v) is 8.32. The second-order valence-electron chi connectivity index (χ2n) is 11.5. The van der Waals surface area contributed by atoms with Crippen molar-refractivity contribution in [2.24, 2.45) is 0 Å². The molecule has 11 nitrogen and oxygen atoms in total. The quantitative estimate of drug-likeness (QED) is 0.229. The number of ether oxygens (including phenoxy) is 5. The van der Waals surface area contributed by atoms with Gasteiger partial charge in [0.15, 0.2) is 0 Å². The number of methoxy groups -OCH3 is 2. The van der Waals surface area contributed by atoms with Crippen molar-refractivity contribution in [3.05, 3.63) is 94.5 Å². The number of benzene rings is 3. The number of amides is 1. The number of nitrogens with zero attached hydrogens (tertiary/aromatic N) is 2. The van der Waals surface area contributed by atoms with Crippen molar-refractivity contribution in [2.45, 2.75) is 38.4 Å². The van der Waals surface area contributed by atoms with E-state index in [-0.39, 0.29) is 24.0 Å². The zero-order chi connectivity index (χ0) is 33.5. The summed E-state index contributed by atoms with van der Waals surface area (Å²) in [4.78, 5) is 30.7. The maximum absolute atomic E-state index is 13.6. The van der Waals surface area contributed by atoms with Crippen LogP contribution in [0.2, 0.25) is 0 Å². The minimum Gasteiger partial charge on any atom is -0.494 e. The van der Waals surface area contributed by atoms with E-state index >= 15 is 0 Å². The Morgan fingerprint density at radius 3 is 2.67 bits per heavy atom. The largest absolute Gasteiger partial charge is 0.494 e. The lowest BCUT2D eigenvalue weighted by Crippen LogP contribution is -2.33. The molecule has 0 saturated carbocycles. The van der Waals surface area contributed by atoms with E-state index in [0.717, 1.165) is 23.1 Å². The summed E-state index contributed by atoms with van der Waals surface area (Å²) in [6, 6.07) is 22.2. The van der Waals surface area contributed by atoms with Crippen LogP contribution in [0.25, 0.3) is 11.3 Å². The predicted molar refractivity (Wildman–Crippen MR) is 178 cm³/mol. The second-order valence-corrected chi connectivity index (χ2v) is 11.5. The summed E-state index contributed by atoms with van der Waals surface area (Å²) in [6.45, 7) is 1.93. The molecule has 2 aliphatic heterocycles. The highest BCUT2D eigenvalue weighted by Gasteiger charge is 2.22. The summed E-state index contributed by atoms with van der Waals surface area (Å²) < 4.78 is 28.4. The van der Waals surface area contributed by atoms with Gasteiger partial charge in [0.2, 0.25) is 11.8 Å². The molecule has 4 aromatic rings. The van der Waals surface area contributed by atoms with Crippen molar-refractivity contribution in [1.82, 2.24) is 4.98 Å². The molecule has 1 amide bonds. The Balaban J connectivity index is 1.26. The number of aromatic nitrogens is 1. The fourth-order valence-corrected chi connectivity index (χ4v) is 5.62. The normalized spacial score (nSPS) is 15.1. The lowest BCUT2D eigenvalue weighted by atomic mass is 10.0. The molecule has 1 saturated heterocycles. The molecule has 2 aliphatic rings. The minimum absolute atomic E-state index is 0.00758. The molecule has 11 heteroatoms. The third kappa shape index (κ3) is 7.51. The number of carbonyl (C=O) groups excluding carboxylic acids is 2. The maximum atomic E-state index is 13.6. The summed E-state index contributed by atoms with van der Waals surface area (Å²) >= 11 is 0.